The summed E-state index contributed by atoms with van der Waals surface area (Å²) in [6.07, 6.45) is 0. The molecule has 11 heavy (non-hydrogen) atoms. The minimum Gasteiger partial charge on any atom is -0.480 e. The summed E-state index contributed by atoms with van der Waals surface area (Å²) in [5.41, 5.74) is 0. The number of likely N-dealkylation sites (N-methyl/N-ethyl adjacent to an activating group) is 1. The third-order valence-electron chi connectivity index (χ3n) is 0.551. The quantitative estimate of drug-likeness (QED) is 0.479. The van der Waals surface area contributed by atoms with Crippen LogP contribution < -0.4 is 0 Å². The molecule has 0 aliphatic rings. The number of aliphatic carboxylic acids is 1. The van der Waals surface area contributed by atoms with Gasteiger partial charge in [0.15, 0.2) is 0 Å². The second kappa shape index (κ2) is 9.35. The van der Waals surface area contributed by atoms with Crippen LogP contribution in [0.15, 0.2) is 0 Å². The van der Waals surface area contributed by atoms with Gasteiger partial charge in [0, 0.05) is 0 Å². The first-order valence-corrected chi connectivity index (χ1v) is 3.12. The molecule has 0 spiro atoms. The molecular formula is C6H15NO4. The van der Waals surface area contributed by atoms with E-state index < -0.39 is 5.97 Å². The van der Waals surface area contributed by atoms with Gasteiger partial charge in [-0.3, -0.25) is 9.69 Å². The fourth-order valence-electron chi connectivity index (χ4n) is 0.271. The third kappa shape index (κ3) is 26.7. The minimum atomic E-state index is -0.787. The Kier molecular flexibility index (Phi) is 11.0. The first kappa shape index (κ1) is 13.0. The lowest BCUT2D eigenvalue weighted by Crippen LogP contribution is -2.20. The number of hydrogen-bond acceptors (Lipinski definition) is 4. The molecule has 0 aliphatic heterocycles. The summed E-state index contributed by atoms with van der Waals surface area (Å²) in [6.45, 7) is -0.139. The van der Waals surface area contributed by atoms with Crippen molar-refractivity contribution < 1.29 is 20.1 Å². The minimum absolute atomic E-state index is 0.111. The van der Waals surface area contributed by atoms with Crippen LogP contribution in [0.1, 0.15) is 0 Å². The molecule has 68 valence electrons. The Morgan fingerprint density at radius 1 is 1.27 bits per heavy atom. The first-order chi connectivity index (χ1) is 5.04. The van der Waals surface area contributed by atoms with E-state index in [-0.39, 0.29) is 19.8 Å². The maximum atomic E-state index is 9.77. The molecule has 0 amide bonds. The highest BCUT2D eigenvalue weighted by Gasteiger charge is 1.94. The highest BCUT2D eigenvalue weighted by atomic mass is 16.4. The molecule has 0 aromatic rings. The highest BCUT2D eigenvalue weighted by molar-refractivity contribution is 5.68. The van der Waals surface area contributed by atoms with E-state index in [1.54, 1.807) is 19.0 Å². The SMILES string of the molecule is CN(C)CC(=O)O.OCCO. The smallest absolute Gasteiger partial charge is 0.317 e. The first-order valence-electron chi connectivity index (χ1n) is 3.12. The Balaban J connectivity index is 0. The Labute approximate surface area is 65.9 Å². The van der Waals surface area contributed by atoms with E-state index >= 15 is 0 Å². The van der Waals surface area contributed by atoms with Crippen LogP contribution >= 0.6 is 0 Å². The van der Waals surface area contributed by atoms with Crippen molar-refractivity contribution >= 4 is 5.97 Å². The fraction of sp³-hybridized carbons (Fsp3) is 0.833. The molecule has 0 saturated heterocycles. The van der Waals surface area contributed by atoms with Gasteiger partial charge in [0.25, 0.3) is 0 Å². The molecule has 3 N–H and O–H groups in total. The van der Waals surface area contributed by atoms with Crippen molar-refractivity contribution in [3.05, 3.63) is 0 Å². The highest BCUT2D eigenvalue weighted by Crippen LogP contribution is 1.69. The van der Waals surface area contributed by atoms with Crippen LogP contribution in [0, 0.1) is 0 Å². The summed E-state index contributed by atoms with van der Waals surface area (Å²) in [5.74, 6) is -0.787. The molecule has 0 aliphatic carbocycles. The molecule has 0 unspecified atom stereocenters. The molecule has 5 heteroatoms. The monoisotopic (exact) mass is 165 g/mol. The van der Waals surface area contributed by atoms with E-state index in [2.05, 4.69) is 0 Å². The number of carboxylic acid groups (broad SMARTS) is 1. The number of carbonyl (C=O) groups is 1. The lowest BCUT2D eigenvalue weighted by molar-refractivity contribution is -0.137. The molecule has 0 rings (SSSR count). The molecule has 0 fully saturated rings. The normalized spacial score (nSPS) is 8.82. The van der Waals surface area contributed by atoms with Crippen molar-refractivity contribution in [1.29, 1.82) is 0 Å². The van der Waals surface area contributed by atoms with Crippen LogP contribution in [-0.2, 0) is 4.79 Å². The zero-order valence-electron chi connectivity index (χ0n) is 6.82. The summed E-state index contributed by atoms with van der Waals surface area (Å²) in [4.78, 5) is 11.4. The molecule has 5 nitrogen and oxygen atoms in total. The van der Waals surface area contributed by atoms with Gasteiger partial charge in [-0.05, 0) is 14.1 Å². The largest absolute Gasteiger partial charge is 0.480 e. The number of hydrogen-bond donors (Lipinski definition) is 3. The van der Waals surface area contributed by atoms with E-state index in [1.807, 2.05) is 0 Å². The second-order valence-electron chi connectivity index (χ2n) is 2.08. The van der Waals surface area contributed by atoms with Crippen molar-refractivity contribution in [2.24, 2.45) is 0 Å². The Hall–Kier alpha value is -0.650. The van der Waals surface area contributed by atoms with E-state index in [9.17, 15) is 4.79 Å². The van der Waals surface area contributed by atoms with Crippen molar-refractivity contribution in [2.75, 3.05) is 33.9 Å². The molecule has 0 bridgehead atoms. The molecule has 0 heterocycles. The van der Waals surface area contributed by atoms with Crippen LogP contribution in [0.25, 0.3) is 0 Å². The van der Waals surface area contributed by atoms with Crippen molar-refractivity contribution in [1.82, 2.24) is 4.90 Å². The Morgan fingerprint density at radius 2 is 1.64 bits per heavy atom. The molecule has 0 atom stereocenters. The van der Waals surface area contributed by atoms with Crippen LogP contribution in [-0.4, -0.2) is 60.0 Å². The van der Waals surface area contributed by atoms with Crippen LogP contribution in [0.4, 0.5) is 0 Å². The summed E-state index contributed by atoms with van der Waals surface area (Å²) in [6, 6.07) is 0. The topological polar surface area (TPSA) is 81.0 Å². The van der Waals surface area contributed by atoms with E-state index in [1.165, 1.54) is 0 Å². The maximum absolute atomic E-state index is 9.77. The van der Waals surface area contributed by atoms with Gasteiger partial charge in [0.2, 0.25) is 0 Å². The van der Waals surface area contributed by atoms with Gasteiger partial charge in [0.05, 0.1) is 19.8 Å². The predicted molar refractivity (Wildman–Crippen MR) is 40.4 cm³/mol. The lowest BCUT2D eigenvalue weighted by atomic mass is 10.6. The van der Waals surface area contributed by atoms with Gasteiger partial charge in [-0.25, -0.2) is 0 Å². The average Bonchev–Trinajstić information content (AvgIpc) is 1.85. The molecule has 0 aromatic carbocycles. The van der Waals surface area contributed by atoms with Crippen molar-refractivity contribution in [3.63, 3.8) is 0 Å². The predicted octanol–water partition coefficient (Wildman–Crippen LogP) is -1.40. The summed E-state index contributed by atoms with van der Waals surface area (Å²) in [7, 11) is 3.43. The van der Waals surface area contributed by atoms with E-state index in [0.717, 1.165) is 0 Å². The number of aliphatic hydroxyl groups excluding tert-OH is 2. The zero-order chi connectivity index (χ0) is 9.28. The fourth-order valence-corrected chi connectivity index (χ4v) is 0.271. The van der Waals surface area contributed by atoms with E-state index in [0.29, 0.717) is 0 Å². The number of carboxylic acids is 1. The van der Waals surface area contributed by atoms with Gasteiger partial charge in [-0.15, -0.1) is 0 Å². The third-order valence-corrected chi connectivity index (χ3v) is 0.551. The van der Waals surface area contributed by atoms with Crippen LogP contribution in [0.2, 0.25) is 0 Å². The zero-order valence-corrected chi connectivity index (χ0v) is 6.82. The van der Waals surface area contributed by atoms with Gasteiger partial charge >= 0.3 is 5.97 Å². The van der Waals surface area contributed by atoms with Crippen LogP contribution in [0.3, 0.4) is 0 Å². The maximum Gasteiger partial charge on any atom is 0.317 e. The van der Waals surface area contributed by atoms with Crippen LogP contribution in [0.5, 0.6) is 0 Å². The van der Waals surface area contributed by atoms with Gasteiger partial charge in [-0.2, -0.15) is 0 Å². The Bertz CT molecular complexity index is 92.6. The molecule has 0 radical (unpaired) electrons. The summed E-state index contributed by atoms with van der Waals surface area (Å²) < 4.78 is 0. The molecular weight excluding hydrogens is 150 g/mol. The van der Waals surface area contributed by atoms with Gasteiger partial charge in [0.1, 0.15) is 0 Å². The van der Waals surface area contributed by atoms with Crippen molar-refractivity contribution in [3.8, 4) is 0 Å². The van der Waals surface area contributed by atoms with Gasteiger partial charge < -0.3 is 15.3 Å². The summed E-state index contributed by atoms with van der Waals surface area (Å²) >= 11 is 0. The number of nitrogens with zero attached hydrogens (tertiary/aromatic N) is 1. The molecule has 0 aromatic heterocycles. The summed E-state index contributed by atoms with van der Waals surface area (Å²) in [5, 5.41) is 23.3. The number of aliphatic hydroxyl groups is 2. The number of rotatable bonds is 3. The van der Waals surface area contributed by atoms with E-state index in [4.69, 9.17) is 15.3 Å². The second-order valence-corrected chi connectivity index (χ2v) is 2.08. The molecule has 0 saturated carbocycles. The lowest BCUT2D eigenvalue weighted by Gasteiger charge is -2.01. The standard InChI is InChI=1S/C4H9NO2.C2H6O2/c1-5(2)3-4(6)7;3-1-2-4/h3H2,1-2H3,(H,6,7);3-4H,1-2H2. The Morgan fingerprint density at radius 3 is 1.64 bits per heavy atom. The average molecular weight is 165 g/mol. The van der Waals surface area contributed by atoms with Crippen molar-refractivity contribution in [2.45, 2.75) is 0 Å². The van der Waals surface area contributed by atoms with Gasteiger partial charge in [-0.1, -0.05) is 0 Å².